The van der Waals surface area contributed by atoms with Crippen LogP contribution in [0.4, 0.5) is 4.39 Å². The Morgan fingerprint density at radius 1 is 1.20 bits per heavy atom. The first-order valence-electron chi connectivity index (χ1n) is 7.85. The SMILES string of the molecule is CCNS(=O)(=O)c1ccc(C)c(C(=O)N(C)Cc2ccccc2F)c1. The average Bonchev–Trinajstić information content (AvgIpc) is 2.56. The molecule has 0 radical (unpaired) electrons. The minimum absolute atomic E-state index is 0.0302. The Labute approximate surface area is 147 Å². The molecule has 134 valence electrons. The maximum absolute atomic E-state index is 13.8. The van der Waals surface area contributed by atoms with Gasteiger partial charge in [-0.3, -0.25) is 4.79 Å². The van der Waals surface area contributed by atoms with Gasteiger partial charge in [0.1, 0.15) is 5.82 Å². The zero-order valence-electron chi connectivity index (χ0n) is 14.4. The van der Waals surface area contributed by atoms with Crippen molar-refractivity contribution in [2.24, 2.45) is 0 Å². The molecule has 0 aromatic heterocycles. The normalized spacial score (nSPS) is 11.4. The third kappa shape index (κ3) is 4.43. The van der Waals surface area contributed by atoms with Crippen LogP contribution >= 0.6 is 0 Å². The van der Waals surface area contributed by atoms with E-state index in [0.717, 1.165) is 0 Å². The van der Waals surface area contributed by atoms with Gasteiger partial charge in [-0.05, 0) is 30.7 Å². The second-order valence-corrected chi connectivity index (χ2v) is 7.50. The Balaban J connectivity index is 2.31. The van der Waals surface area contributed by atoms with Gasteiger partial charge in [0.15, 0.2) is 0 Å². The van der Waals surface area contributed by atoms with E-state index < -0.39 is 10.0 Å². The first-order chi connectivity index (χ1) is 11.8. The van der Waals surface area contributed by atoms with Crippen molar-refractivity contribution in [3.8, 4) is 0 Å². The number of hydrogen-bond acceptors (Lipinski definition) is 3. The molecule has 0 atom stereocenters. The van der Waals surface area contributed by atoms with E-state index in [2.05, 4.69) is 4.72 Å². The van der Waals surface area contributed by atoms with Crippen LogP contribution in [-0.2, 0) is 16.6 Å². The van der Waals surface area contributed by atoms with E-state index in [1.807, 2.05) is 0 Å². The topological polar surface area (TPSA) is 66.5 Å². The molecule has 7 heteroatoms. The summed E-state index contributed by atoms with van der Waals surface area (Å²) in [5, 5.41) is 0. The number of carbonyl (C=O) groups is 1. The third-order valence-corrected chi connectivity index (χ3v) is 5.34. The number of sulfonamides is 1. The average molecular weight is 364 g/mol. The van der Waals surface area contributed by atoms with Crippen LogP contribution in [0.15, 0.2) is 47.4 Å². The molecule has 0 aliphatic carbocycles. The van der Waals surface area contributed by atoms with Crippen LogP contribution in [-0.4, -0.2) is 32.8 Å². The van der Waals surface area contributed by atoms with Crippen molar-refractivity contribution in [2.45, 2.75) is 25.3 Å². The number of aryl methyl sites for hydroxylation is 1. The number of nitrogens with zero attached hydrogens (tertiary/aromatic N) is 1. The van der Waals surface area contributed by atoms with E-state index in [0.29, 0.717) is 11.1 Å². The van der Waals surface area contributed by atoms with Crippen LogP contribution in [0.5, 0.6) is 0 Å². The molecule has 2 rings (SSSR count). The third-order valence-electron chi connectivity index (χ3n) is 3.80. The molecule has 0 aliphatic heterocycles. The molecule has 0 spiro atoms. The van der Waals surface area contributed by atoms with Crippen molar-refractivity contribution < 1.29 is 17.6 Å². The van der Waals surface area contributed by atoms with E-state index >= 15 is 0 Å². The Bertz CT molecular complexity index is 882. The fourth-order valence-corrected chi connectivity index (χ4v) is 3.50. The van der Waals surface area contributed by atoms with Gasteiger partial charge in [0.25, 0.3) is 5.91 Å². The molecule has 0 unspecified atom stereocenters. The smallest absolute Gasteiger partial charge is 0.254 e. The number of carbonyl (C=O) groups excluding carboxylic acids is 1. The van der Waals surface area contributed by atoms with Crippen LogP contribution in [0.1, 0.15) is 28.4 Å². The van der Waals surface area contributed by atoms with E-state index in [4.69, 9.17) is 0 Å². The van der Waals surface area contributed by atoms with Crippen molar-refractivity contribution in [3.63, 3.8) is 0 Å². The van der Waals surface area contributed by atoms with Crippen molar-refractivity contribution >= 4 is 15.9 Å². The molecule has 0 aliphatic rings. The zero-order valence-corrected chi connectivity index (χ0v) is 15.2. The van der Waals surface area contributed by atoms with Crippen molar-refractivity contribution in [1.82, 2.24) is 9.62 Å². The molecule has 25 heavy (non-hydrogen) atoms. The fourth-order valence-electron chi connectivity index (χ4n) is 2.43. The summed E-state index contributed by atoms with van der Waals surface area (Å²) in [6.45, 7) is 3.76. The number of amides is 1. The highest BCUT2D eigenvalue weighted by Gasteiger charge is 2.20. The lowest BCUT2D eigenvalue weighted by atomic mass is 10.1. The molecule has 1 N–H and O–H groups in total. The molecule has 2 aromatic rings. The standard InChI is InChI=1S/C18H21FN2O3S/c1-4-20-25(23,24)15-10-9-13(2)16(11-15)18(22)21(3)12-14-7-5-6-8-17(14)19/h5-11,20H,4,12H2,1-3H3. The largest absolute Gasteiger partial charge is 0.337 e. The summed E-state index contributed by atoms with van der Waals surface area (Å²) in [4.78, 5) is 14.1. The Hall–Kier alpha value is -2.25. The number of nitrogens with one attached hydrogen (secondary N) is 1. The predicted octanol–water partition coefficient (Wildman–Crippen LogP) is 2.70. The first-order valence-corrected chi connectivity index (χ1v) is 9.33. The molecular weight excluding hydrogens is 343 g/mol. The summed E-state index contributed by atoms with van der Waals surface area (Å²) in [6.07, 6.45) is 0. The fraction of sp³-hybridized carbons (Fsp3) is 0.278. The predicted molar refractivity (Wildman–Crippen MR) is 94.2 cm³/mol. The van der Waals surface area contributed by atoms with E-state index in [9.17, 15) is 17.6 Å². The quantitative estimate of drug-likeness (QED) is 0.857. The summed E-state index contributed by atoms with van der Waals surface area (Å²) in [5.41, 5.74) is 1.33. The van der Waals surface area contributed by atoms with Crippen molar-refractivity contribution in [1.29, 1.82) is 0 Å². The molecule has 0 saturated carbocycles. The number of rotatable bonds is 6. The van der Waals surface area contributed by atoms with Gasteiger partial charge in [0, 0.05) is 31.3 Å². The van der Waals surface area contributed by atoms with Gasteiger partial charge in [0.05, 0.1) is 4.90 Å². The molecule has 0 heterocycles. The molecule has 1 amide bonds. The Kier molecular flexibility index (Phi) is 5.92. The lowest BCUT2D eigenvalue weighted by molar-refractivity contribution is 0.0783. The summed E-state index contributed by atoms with van der Waals surface area (Å²) < 4.78 is 40.4. The summed E-state index contributed by atoms with van der Waals surface area (Å²) in [5.74, 6) is -0.753. The Morgan fingerprint density at radius 3 is 2.52 bits per heavy atom. The van der Waals surface area contributed by atoms with Crippen LogP contribution in [0.25, 0.3) is 0 Å². The second kappa shape index (κ2) is 7.76. The van der Waals surface area contributed by atoms with Crippen molar-refractivity contribution in [3.05, 3.63) is 65.0 Å². The van der Waals surface area contributed by atoms with Gasteiger partial charge in [-0.2, -0.15) is 0 Å². The van der Waals surface area contributed by atoms with Crippen LogP contribution in [0, 0.1) is 12.7 Å². The van der Waals surface area contributed by atoms with Gasteiger partial charge >= 0.3 is 0 Å². The number of halogens is 1. The van der Waals surface area contributed by atoms with Crippen LogP contribution < -0.4 is 4.72 Å². The lowest BCUT2D eigenvalue weighted by Crippen LogP contribution is -2.28. The second-order valence-electron chi connectivity index (χ2n) is 5.73. The van der Waals surface area contributed by atoms with Gasteiger partial charge in [-0.1, -0.05) is 31.2 Å². The molecule has 2 aromatic carbocycles. The highest BCUT2D eigenvalue weighted by Crippen LogP contribution is 2.18. The lowest BCUT2D eigenvalue weighted by Gasteiger charge is -2.19. The van der Waals surface area contributed by atoms with E-state index in [-0.39, 0.29) is 35.3 Å². The van der Waals surface area contributed by atoms with Gasteiger partial charge < -0.3 is 4.90 Å². The van der Waals surface area contributed by atoms with Gasteiger partial charge in [0.2, 0.25) is 10.0 Å². The summed E-state index contributed by atoms with van der Waals surface area (Å²) in [6, 6.07) is 10.6. The molecule has 0 fully saturated rings. The van der Waals surface area contributed by atoms with Crippen LogP contribution in [0.2, 0.25) is 0 Å². The Morgan fingerprint density at radius 2 is 1.88 bits per heavy atom. The minimum atomic E-state index is -3.66. The number of benzene rings is 2. The van der Waals surface area contributed by atoms with E-state index in [1.165, 1.54) is 23.1 Å². The van der Waals surface area contributed by atoms with Crippen molar-refractivity contribution in [2.75, 3.05) is 13.6 Å². The van der Waals surface area contributed by atoms with Crippen LogP contribution in [0.3, 0.4) is 0 Å². The highest BCUT2D eigenvalue weighted by atomic mass is 32.2. The summed E-state index contributed by atoms with van der Waals surface area (Å²) in [7, 11) is -2.10. The maximum atomic E-state index is 13.8. The molecule has 5 nitrogen and oxygen atoms in total. The highest BCUT2D eigenvalue weighted by molar-refractivity contribution is 7.89. The van der Waals surface area contributed by atoms with Gasteiger partial charge in [-0.25, -0.2) is 17.5 Å². The first kappa shape index (κ1) is 19.1. The maximum Gasteiger partial charge on any atom is 0.254 e. The summed E-state index contributed by atoms with van der Waals surface area (Å²) >= 11 is 0. The monoisotopic (exact) mass is 364 g/mol. The number of hydrogen-bond donors (Lipinski definition) is 1. The van der Waals surface area contributed by atoms with Gasteiger partial charge in [-0.15, -0.1) is 0 Å². The van der Waals surface area contributed by atoms with E-state index in [1.54, 1.807) is 45.2 Å². The molecule has 0 bridgehead atoms. The minimum Gasteiger partial charge on any atom is -0.337 e. The zero-order chi connectivity index (χ0) is 18.6. The molecular formula is C18H21FN2O3S. The molecule has 0 saturated heterocycles.